The normalized spacial score (nSPS) is 29.1. The number of β-amino-alcohol motifs (C(OH)–C–C–N with tert-alkyl or cyclic N) is 1. The average molecular weight is 329 g/mol. The third-order valence-electron chi connectivity index (χ3n) is 4.33. The predicted octanol–water partition coefficient (Wildman–Crippen LogP) is 2.03. The van der Waals surface area contributed by atoms with E-state index in [1.807, 2.05) is 12.1 Å². The Labute approximate surface area is 134 Å². The Hall–Kier alpha value is -0.810. The summed E-state index contributed by atoms with van der Waals surface area (Å²) in [6.45, 7) is 1.87. The zero-order valence-corrected chi connectivity index (χ0v) is 13.1. The molecule has 0 bridgehead atoms. The van der Waals surface area contributed by atoms with E-state index in [0.29, 0.717) is 29.6 Å². The van der Waals surface area contributed by atoms with Crippen LogP contribution in [0, 0.1) is 0 Å². The first kappa shape index (κ1) is 15.1. The highest BCUT2D eigenvalue weighted by atomic mass is 35.5. The molecule has 0 spiro atoms. The minimum absolute atomic E-state index is 0.0696. The van der Waals surface area contributed by atoms with Gasteiger partial charge in [0, 0.05) is 19.0 Å². The number of hydrogen-bond acceptors (Lipinski definition) is 3. The number of likely N-dealkylation sites (tertiary alicyclic amines) is 1. The second-order valence-electron chi connectivity index (χ2n) is 5.73. The lowest BCUT2D eigenvalue weighted by atomic mass is 9.91. The first-order chi connectivity index (χ1) is 10.1. The number of nitrogens with one attached hydrogen (secondary N) is 1. The van der Waals surface area contributed by atoms with E-state index in [1.54, 1.807) is 11.0 Å². The molecule has 114 valence electrons. The molecule has 2 saturated heterocycles. The molecule has 0 unspecified atom stereocenters. The fourth-order valence-corrected chi connectivity index (χ4v) is 3.51. The number of rotatable bonds is 2. The van der Waals surface area contributed by atoms with Crippen molar-refractivity contribution in [1.82, 2.24) is 10.2 Å². The van der Waals surface area contributed by atoms with Gasteiger partial charge < -0.3 is 15.3 Å². The molecule has 1 amide bonds. The number of carbonyl (C=O) groups is 1. The molecule has 2 aliphatic heterocycles. The Bertz CT molecular complexity index is 552. The van der Waals surface area contributed by atoms with Gasteiger partial charge in [-0.25, -0.2) is 0 Å². The highest BCUT2D eigenvalue weighted by Crippen LogP contribution is 2.33. The molecule has 2 heterocycles. The lowest BCUT2D eigenvalue weighted by Crippen LogP contribution is -2.45. The van der Waals surface area contributed by atoms with Crippen molar-refractivity contribution in [3.8, 4) is 0 Å². The van der Waals surface area contributed by atoms with Crippen LogP contribution in [0.2, 0.25) is 10.0 Å². The maximum absolute atomic E-state index is 12.6. The zero-order valence-electron chi connectivity index (χ0n) is 11.6. The molecule has 1 aromatic rings. The Kier molecular flexibility index (Phi) is 4.41. The van der Waals surface area contributed by atoms with Crippen molar-refractivity contribution >= 4 is 29.1 Å². The van der Waals surface area contributed by atoms with Crippen LogP contribution in [0.3, 0.4) is 0 Å². The van der Waals surface area contributed by atoms with Crippen LogP contribution in [-0.2, 0) is 4.79 Å². The van der Waals surface area contributed by atoms with Gasteiger partial charge in [0.1, 0.15) is 0 Å². The Morgan fingerprint density at radius 3 is 2.76 bits per heavy atom. The van der Waals surface area contributed by atoms with Gasteiger partial charge in [-0.05, 0) is 37.1 Å². The monoisotopic (exact) mass is 328 g/mol. The van der Waals surface area contributed by atoms with Crippen molar-refractivity contribution in [3.05, 3.63) is 33.8 Å². The summed E-state index contributed by atoms with van der Waals surface area (Å²) in [5, 5.41) is 13.9. The van der Waals surface area contributed by atoms with Gasteiger partial charge in [-0.2, -0.15) is 0 Å². The second kappa shape index (κ2) is 6.13. The number of benzene rings is 1. The van der Waals surface area contributed by atoms with Gasteiger partial charge in [0.15, 0.2) is 0 Å². The number of hydrogen-bond donors (Lipinski definition) is 2. The van der Waals surface area contributed by atoms with Gasteiger partial charge in [0.2, 0.25) is 5.91 Å². The molecule has 2 fully saturated rings. The summed E-state index contributed by atoms with van der Waals surface area (Å²) in [6.07, 6.45) is 1.17. The Morgan fingerprint density at radius 2 is 2.10 bits per heavy atom. The smallest absolute Gasteiger partial charge is 0.240 e. The van der Waals surface area contributed by atoms with Crippen LogP contribution in [-0.4, -0.2) is 47.7 Å². The number of aliphatic hydroxyl groups is 1. The average Bonchev–Trinajstić information content (AvgIpc) is 3.10. The van der Waals surface area contributed by atoms with Crippen molar-refractivity contribution in [2.75, 3.05) is 19.6 Å². The van der Waals surface area contributed by atoms with Crippen LogP contribution in [0.4, 0.5) is 0 Å². The van der Waals surface area contributed by atoms with Gasteiger partial charge >= 0.3 is 0 Å². The number of nitrogens with zero attached hydrogens (tertiary/aromatic N) is 1. The summed E-state index contributed by atoms with van der Waals surface area (Å²) in [5.41, 5.74) is 1.03. The predicted molar refractivity (Wildman–Crippen MR) is 82.8 cm³/mol. The van der Waals surface area contributed by atoms with E-state index in [4.69, 9.17) is 23.2 Å². The van der Waals surface area contributed by atoms with Gasteiger partial charge in [0.25, 0.3) is 0 Å². The van der Waals surface area contributed by atoms with Crippen LogP contribution >= 0.6 is 23.2 Å². The maximum Gasteiger partial charge on any atom is 0.240 e. The minimum atomic E-state index is -0.390. The molecule has 3 atom stereocenters. The van der Waals surface area contributed by atoms with Gasteiger partial charge in [-0.3, -0.25) is 4.79 Å². The lowest BCUT2D eigenvalue weighted by molar-refractivity contribution is -0.132. The van der Waals surface area contributed by atoms with Crippen molar-refractivity contribution in [2.24, 2.45) is 0 Å². The molecule has 6 heteroatoms. The zero-order chi connectivity index (χ0) is 15.0. The minimum Gasteiger partial charge on any atom is -0.391 e. The summed E-state index contributed by atoms with van der Waals surface area (Å²) in [5.74, 6) is 0.171. The van der Waals surface area contributed by atoms with Gasteiger partial charge in [-0.1, -0.05) is 29.3 Å². The summed E-state index contributed by atoms with van der Waals surface area (Å²) >= 11 is 12.0. The van der Waals surface area contributed by atoms with E-state index in [2.05, 4.69) is 5.32 Å². The third kappa shape index (κ3) is 3.04. The van der Waals surface area contributed by atoms with Crippen molar-refractivity contribution < 1.29 is 9.90 Å². The number of aliphatic hydroxyl groups excluding tert-OH is 1. The SMILES string of the molecule is O=C([C@@H]1NCC[C@@H]1c1ccc(Cl)c(Cl)c1)N1CC[C@@H](O)C1. The highest BCUT2D eigenvalue weighted by molar-refractivity contribution is 6.42. The Morgan fingerprint density at radius 1 is 1.29 bits per heavy atom. The number of halogens is 2. The van der Waals surface area contributed by atoms with Crippen molar-refractivity contribution in [1.29, 1.82) is 0 Å². The molecule has 0 radical (unpaired) electrons. The molecule has 0 saturated carbocycles. The summed E-state index contributed by atoms with van der Waals surface area (Å²) < 4.78 is 0. The maximum atomic E-state index is 12.6. The van der Waals surface area contributed by atoms with Crippen LogP contribution in [0.5, 0.6) is 0 Å². The lowest BCUT2D eigenvalue weighted by Gasteiger charge is -2.25. The van der Waals surface area contributed by atoms with Crippen LogP contribution in [0.15, 0.2) is 18.2 Å². The first-order valence-corrected chi connectivity index (χ1v) is 7.97. The summed E-state index contributed by atoms with van der Waals surface area (Å²) in [7, 11) is 0. The van der Waals surface area contributed by atoms with Crippen LogP contribution in [0.1, 0.15) is 24.3 Å². The molecule has 0 aromatic heterocycles. The van der Waals surface area contributed by atoms with Crippen molar-refractivity contribution in [2.45, 2.75) is 30.9 Å². The highest BCUT2D eigenvalue weighted by Gasteiger charge is 2.38. The quantitative estimate of drug-likeness (QED) is 0.873. The van der Waals surface area contributed by atoms with E-state index in [9.17, 15) is 9.90 Å². The van der Waals surface area contributed by atoms with E-state index >= 15 is 0 Å². The molecule has 4 nitrogen and oxygen atoms in total. The van der Waals surface area contributed by atoms with Crippen molar-refractivity contribution in [3.63, 3.8) is 0 Å². The second-order valence-corrected chi connectivity index (χ2v) is 6.54. The molecule has 0 aliphatic carbocycles. The molecule has 21 heavy (non-hydrogen) atoms. The fraction of sp³-hybridized carbons (Fsp3) is 0.533. The molecular weight excluding hydrogens is 311 g/mol. The number of amides is 1. The molecule has 3 rings (SSSR count). The van der Waals surface area contributed by atoms with Crippen LogP contribution < -0.4 is 5.32 Å². The van der Waals surface area contributed by atoms with E-state index < -0.39 is 6.10 Å². The van der Waals surface area contributed by atoms with Gasteiger partial charge in [-0.15, -0.1) is 0 Å². The summed E-state index contributed by atoms with van der Waals surface area (Å²) in [4.78, 5) is 14.4. The summed E-state index contributed by atoms with van der Waals surface area (Å²) in [6, 6.07) is 5.32. The van der Waals surface area contributed by atoms with Gasteiger partial charge in [0.05, 0.1) is 22.2 Å². The molecular formula is C15H18Cl2N2O2. The molecule has 1 aromatic carbocycles. The third-order valence-corrected chi connectivity index (χ3v) is 5.07. The largest absolute Gasteiger partial charge is 0.391 e. The molecule has 2 aliphatic rings. The van der Waals surface area contributed by atoms with E-state index in [-0.39, 0.29) is 17.9 Å². The standard InChI is InChI=1S/C15H18Cl2N2O2/c16-12-2-1-9(7-13(12)17)11-3-5-18-14(11)15(21)19-6-4-10(20)8-19/h1-2,7,10-11,14,18,20H,3-6,8H2/t10-,11-,14-/m1/s1. The number of carbonyl (C=O) groups excluding carboxylic acids is 1. The fourth-order valence-electron chi connectivity index (χ4n) is 3.20. The Balaban J connectivity index is 1.78. The van der Waals surface area contributed by atoms with E-state index in [0.717, 1.165) is 18.5 Å². The van der Waals surface area contributed by atoms with Crippen LogP contribution in [0.25, 0.3) is 0 Å². The first-order valence-electron chi connectivity index (χ1n) is 7.21. The molecule has 2 N–H and O–H groups in total. The van der Waals surface area contributed by atoms with E-state index in [1.165, 1.54) is 0 Å². The topological polar surface area (TPSA) is 52.6 Å².